The quantitative estimate of drug-likeness (QED) is 0.592. The van der Waals surface area contributed by atoms with E-state index in [0.29, 0.717) is 30.5 Å². The molecular weight excluding hydrogens is 416 g/mol. The third-order valence-electron chi connectivity index (χ3n) is 7.33. The monoisotopic (exact) mass is 444 g/mol. The van der Waals surface area contributed by atoms with Crippen molar-refractivity contribution in [2.75, 3.05) is 18.0 Å². The fraction of sp³-hybridized carbons (Fsp3) is 0.462. The summed E-state index contributed by atoms with van der Waals surface area (Å²) < 4.78 is 5.99. The number of para-hydroxylation sites is 1. The van der Waals surface area contributed by atoms with Gasteiger partial charge in [0.25, 0.3) is 5.91 Å². The van der Waals surface area contributed by atoms with Crippen molar-refractivity contribution in [3.63, 3.8) is 0 Å². The molecule has 1 aromatic carbocycles. The number of aryl methyl sites for hydroxylation is 2. The summed E-state index contributed by atoms with van der Waals surface area (Å²) in [5, 5.41) is 0.966. The Balaban J connectivity index is 1.36. The Kier molecular flexibility index (Phi) is 4.75. The maximum atomic E-state index is 13.7. The van der Waals surface area contributed by atoms with Crippen LogP contribution in [-0.4, -0.2) is 39.8 Å². The number of amides is 2. The van der Waals surface area contributed by atoms with Gasteiger partial charge in [0.1, 0.15) is 11.4 Å². The van der Waals surface area contributed by atoms with E-state index in [1.165, 1.54) is 12.8 Å². The summed E-state index contributed by atoms with van der Waals surface area (Å²) >= 11 is 0. The maximum Gasteiger partial charge on any atom is 0.290 e. The van der Waals surface area contributed by atoms with E-state index in [1.807, 2.05) is 47.9 Å². The number of carbonyl (C=O) groups excluding carboxylic acids is 2. The highest BCUT2D eigenvalue weighted by atomic mass is 16.3. The van der Waals surface area contributed by atoms with Gasteiger partial charge >= 0.3 is 0 Å². The van der Waals surface area contributed by atoms with Crippen LogP contribution >= 0.6 is 0 Å². The SMILES string of the molecule is Cc1nc([C@@H]2CCCCN2C(=O)c2oc3ccccc3c2C)nc2c1CC(=O)N2CC1CC1. The molecule has 2 amide bonds. The molecule has 1 saturated heterocycles. The Bertz CT molecular complexity index is 1280. The molecule has 3 aromatic rings. The number of benzene rings is 1. The van der Waals surface area contributed by atoms with Gasteiger partial charge in [0.05, 0.1) is 12.5 Å². The van der Waals surface area contributed by atoms with Crippen molar-refractivity contribution in [1.82, 2.24) is 14.9 Å². The average molecular weight is 445 g/mol. The highest BCUT2D eigenvalue weighted by Gasteiger charge is 2.38. The van der Waals surface area contributed by atoms with Crippen molar-refractivity contribution in [2.45, 2.75) is 58.4 Å². The van der Waals surface area contributed by atoms with E-state index in [1.54, 1.807) is 0 Å². The molecule has 2 aliphatic heterocycles. The first-order valence-electron chi connectivity index (χ1n) is 12.0. The van der Waals surface area contributed by atoms with Gasteiger partial charge in [0.2, 0.25) is 5.91 Å². The minimum atomic E-state index is -0.221. The predicted octanol–water partition coefficient (Wildman–Crippen LogP) is 4.51. The van der Waals surface area contributed by atoms with E-state index in [9.17, 15) is 9.59 Å². The van der Waals surface area contributed by atoms with Crippen LogP contribution in [-0.2, 0) is 11.2 Å². The summed E-state index contributed by atoms with van der Waals surface area (Å²) in [4.78, 5) is 39.8. The summed E-state index contributed by atoms with van der Waals surface area (Å²) in [6, 6.07) is 7.53. The lowest BCUT2D eigenvalue weighted by atomic mass is 10.00. The first-order valence-corrected chi connectivity index (χ1v) is 12.0. The lowest BCUT2D eigenvalue weighted by Gasteiger charge is -2.34. The third kappa shape index (κ3) is 3.41. The minimum Gasteiger partial charge on any atom is -0.451 e. The number of hydrogen-bond donors (Lipinski definition) is 0. The van der Waals surface area contributed by atoms with Crippen LogP contribution in [0.15, 0.2) is 28.7 Å². The molecule has 0 unspecified atom stereocenters. The number of anilines is 1. The van der Waals surface area contributed by atoms with Crippen LogP contribution in [0.3, 0.4) is 0 Å². The maximum absolute atomic E-state index is 13.7. The predicted molar refractivity (Wildman–Crippen MR) is 124 cm³/mol. The van der Waals surface area contributed by atoms with Crippen molar-refractivity contribution in [3.8, 4) is 0 Å². The van der Waals surface area contributed by atoms with Gasteiger partial charge in [-0.15, -0.1) is 0 Å². The Morgan fingerprint density at radius 1 is 1.12 bits per heavy atom. The molecule has 7 nitrogen and oxygen atoms in total. The zero-order chi connectivity index (χ0) is 22.7. The van der Waals surface area contributed by atoms with Crippen LogP contribution in [0.2, 0.25) is 0 Å². The van der Waals surface area contributed by atoms with Crippen molar-refractivity contribution in [3.05, 3.63) is 52.7 Å². The summed E-state index contributed by atoms with van der Waals surface area (Å²) in [5.41, 5.74) is 3.38. The standard InChI is InChI=1S/C26H28N4O3/c1-15-18-7-3-4-9-21(18)33-23(15)26(32)29-12-6-5-8-20(29)24-27-16(2)19-13-22(31)30(25(19)28-24)14-17-10-11-17/h3-4,7,9,17,20H,5-6,8,10-14H2,1-2H3/t20-/m0/s1. The smallest absolute Gasteiger partial charge is 0.290 e. The number of hydrogen-bond acceptors (Lipinski definition) is 5. The van der Waals surface area contributed by atoms with Crippen LogP contribution in [0.4, 0.5) is 5.82 Å². The van der Waals surface area contributed by atoms with Gasteiger partial charge in [0, 0.05) is 35.3 Å². The van der Waals surface area contributed by atoms with Gasteiger partial charge in [0.15, 0.2) is 11.6 Å². The highest BCUT2D eigenvalue weighted by Crippen LogP contribution is 2.38. The number of likely N-dealkylation sites (tertiary alicyclic amines) is 1. The second-order valence-corrected chi connectivity index (χ2v) is 9.66. The molecular formula is C26H28N4O3. The molecule has 0 N–H and O–H groups in total. The number of carbonyl (C=O) groups is 2. The van der Waals surface area contributed by atoms with E-state index in [2.05, 4.69) is 0 Å². The second-order valence-electron chi connectivity index (χ2n) is 9.66. The van der Waals surface area contributed by atoms with Gasteiger partial charge in [-0.25, -0.2) is 9.97 Å². The van der Waals surface area contributed by atoms with Crippen molar-refractivity contribution in [1.29, 1.82) is 0 Å². The zero-order valence-corrected chi connectivity index (χ0v) is 19.1. The molecule has 2 fully saturated rings. The molecule has 6 rings (SSSR count). The second kappa shape index (κ2) is 7.68. The summed E-state index contributed by atoms with van der Waals surface area (Å²) in [6.07, 6.45) is 5.49. The van der Waals surface area contributed by atoms with Crippen molar-refractivity contribution >= 4 is 28.6 Å². The topological polar surface area (TPSA) is 79.5 Å². The van der Waals surface area contributed by atoms with Crippen LogP contribution < -0.4 is 4.90 Å². The fourth-order valence-electron chi connectivity index (χ4n) is 5.24. The molecule has 1 atom stereocenters. The first kappa shape index (κ1) is 20.4. The molecule has 4 heterocycles. The van der Waals surface area contributed by atoms with E-state index in [0.717, 1.165) is 59.4 Å². The van der Waals surface area contributed by atoms with Crippen LogP contribution in [0.25, 0.3) is 11.0 Å². The minimum absolute atomic E-state index is 0.110. The Morgan fingerprint density at radius 2 is 1.94 bits per heavy atom. The summed E-state index contributed by atoms with van der Waals surface area (Å²) in [6.45, 7) is 5.28. The number of nitrogens with zero attached hydrogens (tertiary/aromatic N) is 4. The van der Waals surface area contributed by atoms with Gasteiger partial charge in [-0.3, -0.25) is 14.5 Å². The normalized spacial score (nSPS) is 20.5. The molecule has 3 aliphatic rings. The molecule has 0 bridgehead atoms. The van der Waals surface area contributed by atoms with Crippen LogP contribution in [0.1, 0.15) is 71.3 Å². The molecule has 1 aliphatic carbocycles. The summed E-state index contributed by atoms with van der Waals surface area (Å²) in [5.74, 6) is 2.38. The lowest BCUT2D eigenvalue weighted by Crippen LogP contribution is -2.39. The van der Waals surface area contributed by atoms with Crippen molar-refractivity contribution < 1.29 is 14.0 Å². The number of furan rings is 1. The van der Waals surface area contributed by atoms with Crippen molar-refractivity contribution in [2.24, 2.45) is 5.92 Å². The molecule has 0 spiro atoms. The van der Waals surface area contributed by atoms with Crippen LogP contribution in [0, 0.1) is 19.8 Å². The fourth-order valence-corrected chi connectivity index (χ4v) is 5.24. The molecule has 0 radical (unpaired) electrons. The first-order chi connectivity index (χ1) is 16.0. The van der Waals surface area contributed by atoms with Gasteiger partial charge in [-0.2, -0.15) is 0 Å². The van der Waals surface area contributed by atoms with Gasteiger partial charge < -0.3 is 9.32 Å². The number of fused-ring (bicyclic) bond motifs is 2. The average Bonchev–Trinajstić information content (AvgIpc) is 3.52. The molecule has 1 saturated carbocycles. The van der Waals surface area contributed by atoms with Crippen LogP contribution in [0.5, 0.6) is 0 Å². The highest BCUT2D eigenvalue weighted by molar-refractivity contribution is 6.01. The van der Waals surface area contributed by atoms with E-state index < -0.39 is 0 Å². The van der Waals surface area contributed by atoms with Gasteiger partial charge in [-0.1, -0.05) is 18.2 Å². The Morgan fingerprint density at radius 3 is 2.73 bits per heavy atom. The lowest BCUT2D eigenvalue weighted by molar-refractivity contribution is -0.117. The molecule has 7 heteroatoms. The molecule has 33 heavy (non-hydrogen) atoms. The number of piperidine rings is 1. The molecule has 170 valence electrons. The third-order valence-corrected chi connectivity index (χ3v) is 7.33. The van der Waals surface area contributed by atoms with E-state index in [-0.39, 0.29) is 17.9 Å². The van der Waals surface area contributed by atoms with E-state index >= 15 is 0 Å². The largest absolute Gasteiger partial charge is 0.451 e. The summed E-state index contributed by atoms with van der Waals surface area (Å²) in [7, 11) is 0. The van der Waals surface area contributed by atoms with E-state index in [4.69, 9.17) is 14.4 Å². The number of aromatic nitrogens is 2. The number of rotatable bonds is 4. The Labute approximate surface area is 192 Å². The Hall–Kier alpha value is -3.22. The molecule has 2 aromatic heterocycles. The van der Waals surface area contributed by atoms with Gasteiger partial charge in [-0.05, 0) is 57.9 Å². The zero-order valence-electron chi connectivity index (χ0n) is 19.1.